The Hall–Kier alpha value is 0.491. The van der Waals surface area contributed by atoms with Crippen LogP contribution in [0.15, 0.2) is 0 Å². The zero-order chi connectivity index (χ0) is 19.3. The highest BCUT2D eigenvalue weighted by atomic mass is 28.4. The summed E-state index contributed by atoms with van der Waals surface area (Å²) in [6.07, 6.45) is 1.08. The van der Waals surface area contributed by atoms with E-state index in [2.05, 4.69) is 60.1 Å². The smallest absolute Gasteiger partial charge is 0.187 e. The van der Waals surface area contributed by atoms with Crippen LogP contribution in [0, 0.1) is 0 Å². The molecular weight excluding hydrogens is 364 g/mol. The van der Waals surface area contributed by atoms with Crippen LogP contribution in [0.5, 0.6) is 0 Å². The van der Waals surface area contributed by atoms with Crippen molar-refractivity contribution >= 4 is 25.0 Å². The Morgan fingerprint density at radius 1 is 0.800 bits per heavy atom. The lowest BCUT2D eigenvalue weighted by atomic mass is 10.0. The summed E-state index contributed by atoms with van der Waals surface area (Å²) in [4.78, 5) is 0. The van der Waals surface area contributed by atoms with Crippen molar-refractivity contribution in [2.24, 2.45) is 0 Å². The SMILES string of the molecule is CC[Si](C)(C)OC[C@H]1OCC[C@@H](O[Si](C)(C)CC)[C@@H]1O[Si](C)(C)CC. The van der Waals surface area contributed by atoms with E-state index in [1.54, 1.807) is 0 Å². The molecule has 150 valence electrons. The van der Waals surface area contributed by atoms with Gasteiger partial charge in [-0.05, 0) is 63.8 Å². The van der Waals surface area contributed by atoms with Crippen molar-refractivity contribution in [3.8, 4) is 0 Å². The van der Waals surface area contributed by atoms with Gasteiger partial charge >= 0.3 is 0 Å². The fourth-order valence-corrected chi connectivity index (χ4v) is 5.87. The summed E-state index contributed by atoms with van der Waals surface area (Å²) in [5, 5.41) is 0. The van der Waals surface area contributed by atoms with E-state index in [0.29, 0.717) is 6.61 Å². The molecule has 0 bridgehead atoms. The fraction of sp³-hybridized carbons (Fsp3) is 1.00. The Balaban J connectivity index is 2.91. The molecule has 0 aromatic heterocycles. The molecule has 0 unspecified atom stereocenters. The van der Waals surface area contributed by atoms with Gasteiger partial charge in [-0.25, -0.2) is 0 Å². The normalized spacial score (nSPS) is 26.0. The van der Waals surface area contributed by atoms with Crippen LogP contribution in [-0.2, 0) is 18.0 Å². The van der Waals surface area contributed by atoms with E-state index in [1.807, 2.05) is 0 Å². The predicted molar refractivity (Wildman–Crippen MR) is 114 cm³/mol. The van der Waals surface area contributed by atoms with Gasteiger partial charge in [0.05, 0.1) is 18.8 Å². The van der Waals surface area contributed by atoms with Crippen LogP contribution < -0.4 is 0 Å². The van der Waals surface area contributed by atoms with Crippen LogP contribution in [0.4, 0.5) is 0 Å². The van der Waals surface area contributed by atoms with Gasteiger partial charge in [-0.1, -0.05) is 20.8 Å². The summed E-state index contributed by atoms with van der Waals surface area (Å²) >= 11 is 0. The van der Waals surface area contributed by atoms with Crippen molar-refractivity contribution in [1.29, 1.82) is 0 Å². The number of hydrogen-bond acceptors (Lipinski definition) is 4. The van der Waals surface area contributed by atoms with E-state index >= 15 is 0 Å². The van der Waals surface area contributed by atoms with Gasteiger partial charge in [0.1, 0.15) is 6.10 Å². The molecular formula is C18H42O4Si3. The van der Waals surface area contributed by atoms with Crippen molar-refractivity contribution in [1.82, 2.24) is 0 Å². The predicted octanol–water partition coefficient (Wildman–Crippen LogP) is 5.24. The van der Waals surface area contributed by atoms with E-state index in [4.69, 9.17) is 18.0 Å². The second-order valence-electron chi connectivity index (χ2n) is 9.09. The van der Waals surface area contributed by atoms with Gasteiger partial charge in [-0.3, -0.25) is 0 Å². The lowest BCUT2D eigenvalue weighted by Crippen LogP contribution is -2.56. The molecule has 7 heteroatoms. The Labute approximate surface area is 159 Å². The van der Waals surface area contributed by atoms with Gasteiger partial charge in [0.25, 0.3) is 0 Å². The van der Waals surface area contributed by atoms with E-state index < -0.39 is 25.0 Å². The van der Waals surface area contributed by atoms with Crippen LogP contribution >= 0.6 is 0 Å². The van der Waals surface area contributed by atoms with Crippen LogP contribution in [0.3, 0.4) is 0 Å². The highest BCUT2D eigenvalue weighted by molar-refractivity contribution is 6.72. The third-order valence-electron chi connectivity index (χ3n) is 5.59. The molecule has 1 aliphatic heterocycles. The molecule has 0 N–H and O–H groups in total. The Morgan fingerprint density at radius 3 is 1.84 bits per heavy atom. The van der Waals surface area contributed by atoms with Crippen molar-refractivity contribution in [3.05, 3.63) is 0 Å². The largest absolute Gasteiger partial charge is 0.415 e. The minimum absolute atomic E-state index is 0.00273. The molecule has 0 saturated carbocycles. The van der Waals surface area contributed by atoms with Gasteiger partial charge in [-0.2, -0.15) is 0 Å². The minimum Gasteiger partial charge on any atom is -0.415 e. The van der Waals surface area contributed by atoms with E-state index in [-0.39, 0.29) is 18.3 Å². The molecule has 4 nitrogen and oxygen atoms in total. The van der Waals surface area contributed by atoms with E-state index in [9.17, 15) is 0 Å². The zero-order valence-corrected chi connectivity index (χ0v) is 21.1. The minimum atomic E-state index is -1.71. The van der Waals surface area contributed by atoms with Crippen LogP contribution in [0.1, 0.15) is 27.2 Å². The van der Waals surface area contributed by atoms with Gasteiger partial charge in [0, 0.05) is 6.61 Å². The molecule has 0 aromatic carbocycles. The molecule has 0 aliphatic carbocycles. The summed E-state index contributed by atoms with van der Waals surface area (Å²) in [5.41, 5.74) is 0. The van der Waals surface area contributed by atoms with Gasteiger partial charge < -0.3 is 18.0 Å². The highest BCUT2D eigenvalue weighted by Crippen LogP contribution is 2.29. The van der Waals surface area contributed by atoms with Crippen LogP contribution in [0.25, 0.3) is 0 Å². The zero-order valence-electron chi connectivity index (χ0n) is 18.1. The summed E-state index contributed by atoms with van der Waals surface area (Å²) in [5.74, 6) is 0. The average Bonchev–Trinajstić information content (AvgIpc) is 2.55. The monoisotopic (exact) mass is 406 g/mol. The Morgan fingerprint density at radius 2 is 1.32 bits per heavy atom. The first-order valence-electron chi connectivity index (χ1n) is 10.1. The first kappa shape index (κ1) is 23.5. The maximum absolute atomic E-state index is 6.69. The number of rotatable bonds is 10. The molecule has 0 aromatic rings. The quantitative estimate of drug-likeness (QED) is 0.465. The van der Waals surface area contributed by atoms with Crippen LogP contribution in [0.2, 0.25) is 57.4 Å². The fourth-order valence-electron chi connectivity index (χ4n) is 2.61. The topological polar surface area (TPSA) is 36.9 Å². The molecule has 25 heavy (non-hydrogen) atoms. The van der Waals surface area contributed by atoms with Gasteiger partial charge in [-0.15, -0.1) is 0 Å². The van der Waals surface area contributed by atoms with Crippen molar-refractivity contribution in [3.63, 3.8) is 0 Å². The lowest BCUT2D eigenvalue weighted by Gasteiger charge is -2.44. The van der Waals surface area contributed by atoms with Crippen molar-refractivity contribution < 1.29 is 18.0 Å². The molecule has 1 saturated heterocycles. The van der Waals surface area contributed by atoms with Gasteiger partial charge in [0.15, 0.2) is 25.0 Å². The second kappa shape index (κ2) is 9.61. The summed E-state index contributed by atoms with van der Waals surface area (Å²) in [6, 6.07) is 3.35. The van der Waals surface area contributed by atoms with Crippen LogP contribution in [-0.4, -0.2) is 56.5 Å². The highest BCUT2D eigenvalue weighted by Gasteiger charge is 2.42. The molecule has 0 spiro atoms. The molecule has 3 atom stereocenters. The number of ether oxygens (including phenoxy) is 1. The van der Waals surface area contributed by atoms with Crippen molar-refractivity contribution in [2.45, 2.75) is 103 Å². The Kier molecular flexibility index (Phi) is 9.05. The first-order valence-corrected chi connectivity index (χ1v) is 19.4. The van der Waals surface area contributed by atoms with E-state index in [1.165, 1.54) is 0 Å². The maximum Gasteiger partial charge on any atom is 0.187 e. The molecule has 1 heterocycles. The molecule has 1 fully saturated rings. The van der Waals surface area contributed by atoms with E-state index in [0.717, 1.165) is 31.2 Å². The molecule has 0 amide bonds. The molecule has 0 radical (unpaired) electrons. The summed E-state index contributed by atoms with van der Waals surface area (Å²) < 4.78 is 25.8. The molecule has 1 aliphatic rings. The first-order chi connectivity index (χ1) is 11.5. The lowest BCUT2D eigenvalue weighted by molar-refractivity contribution is -0.133. The summed E-state index contributed by atoms with van der Waals surface area (Å²) in [6.45, 7) is 21.8. The summed E-state index contributed by atoms with van der Waals surface area (Å²) in [7, 11) is -4.94. The second-order valence-corrected chi connectivity index (χ2v) is 22.5. The maximum atomic E-state index is 6.69. The standard InChI is InChI=1S/C18H42O4Si3/c1-10-23(4,5)20-15-17-18(22-25(8,9)12-3)16(13-14-19-17)21-24(6,7)11-2/h16-18H,10-15H2,1-9H3/t16-,17-,18+/m1/s1. The third-order valence-corrected chi connectivity index (χ3v) is 13.5. The average molecular weight is 407 g/mol. The van der Waals surface area contributed by atoms with Gasteiger partial charge in [0.2, 0.25) is 0 Å². The third kappa shape index (κ3) is 7.94. The number of hydrogen-bond donors (Lipinski definition) is 0. The molecule has 1 rings (SSSR count). The van der Waals surface area contributed by atoms with Crippen molar-refractivity contribution in [2.75, 3.05) is 13.2 Å². The Bertz CT molecular complexity index is 402.